The van der Waals surface area contributed by atoms with Crippen molar-refractivity contribution in [3.8, 4) is 55.6 Å². The van der Waals surface area contributed by atoms with Crippen molar-refractivity contribution in [3.63, 3.8) is 0 Å². The molecule has 10 aromatic rings. The third kappa shape index (κ3) is 6.10. The minimum absolute atomic E-state index is 0.0365. The van der Waals surface area contributed by atoms with Gasteiger partial charge in [0.15, 0.2) is 0 Å². The maximum absolute atomic E-state index is 2.77. The first-order valence-corrected chi connectivity index (χ1v) is 24.3. The quantitative estimate of drug-likeness (QED) is 0.157. The lowest BCUT2D eigenvalue weighted by atomic mass is 9.44. The number of nitrogens with zero attached hydrogens (tertiary/aromatic N) is 2. The number of fused-ring (bicyclic) bond motifs is 9. The van der Waals surface area contributed by atoms with Crippen molar-refractivity contribution in [2.75, 3.05) is 4.90 Å². The molecule has 3 aliphatic rings. The van der Waals surface area contributed by atoms with Gasteiger partial charge in [-0.15, -0.1) is 0 Å². The molecule has 0 fully saturated rings. The zero-order chi connectivity index (χ0) is 45.2. The van der Waals surface area contributed by atoms with Crippen LogP contribution in [-0.4, -0.2) is 11.3 Å². The Balaban J connectivity index is 1.17. The molecule has 0 radical (unpaired) electrons. The molecule has 0 bridgehead atoms. The average molecular weight is 861 g/mol. The molecular weight excluding hydrogens is 808 g/mol. The lowest BCUT2D eigenvalue weighted by molar-refractivity contribution is 0.687. The molecule has 2 nitrogen and oxygen atoms in total. The van der Waals surface area contributed by atoms with Crippen LogP contribution in [0.4, 0.5) is 17.1 Å². The molecule has 0 saturated carbocycles. The van der Waals surface area contributed by atoms with Crippen molar-refractivity contribution in [2.45, 2.75) is 67.2 Å². The molecule has 0 saturated heterocycles. The van der Waals surface area contributed by atoms with Gasteiger partial charge in [-0.1, -0.05) is 126 Å². The monoisotopic (exact) mass is 860 g/mol. The number of rotatable bonds is 5. The number of hydrogen-bond acceptors (Lipinski definition) is 1. The van der Waals surface area contributed by atoms with E-state index in [0.29, 0.717) is 0 Å². The van der Waals surface area contributed by atoms with Crippen LogP contribution in [0.25, 0.3) is 77.4 Å². The highest BCUT2D eigenvalue weighted by atomic mass is 15.2. The summed E-state index contributed by atoms with van der Waals surface area (Å²) in [7, 11) is 0. The first kappa shape index (κ1) is 40.0. The lowest BCUT2D eigenvalue weighted by Gasteiger charge is -2.42. The van der Waals surface area contributed by atoms with Gasteiger partial charge in [0.2, 0.25) is 0 Å². The van der Waals surface area contributed by atoms with E-state index >= 15 is 0 Å². The van der Waals surface area contributed by atoms with Crippen LogP contribution in [0.2, 0.25) is 0 Å². The fraction of sp³-hybridized carbons (Fsp3) is 0.156. The first-order valence-electron chi connectivity index (χ1n) is 24.3. The number of aromatic nitrogens is 1. The highest BCUT2D eigenvalue weighted by Gasteiger charge is 2.45. The van der Waals surface area contributed by atoms with Gasteiger partial charge in [0.1, 0.15) is 0 Å². The van der Waals surface area contributed by atoms with Crippen LogP contribution in [0.5, 0.6) is 0 Å². The van der Waals surface area contributed by atoms with E-state index in [2.05, 4.69) is 215 Å². The van der Waals surface area contributed by atoms with Gasteiger partial charge in [0.25, 0.3) is 0 Å². The van der Waals surface area contributed by atoms with Crippen LogP contribution in [0.15, 0.2) is 164 Å². The van der Waals surface area contributed by atoms with Crippen LogP contribution in [0.1, 0.15) is 57.3 Å². The van der Waals surface area contributed by atoms with Crippen molar-refractivity contribution >= 4 is 56.6 Å². The van der Waals surface area contributed by atoms with Crippen LogP contribution < -0.4 is 15.8 Å². The van der Waals surface area contributed by atoms with Crippen molar-refractivity contribution in [1.29, 1.82) is 0 Å². The summed E-state index contributed by atoms with van der Waals surface area (Å²) < 4.78 is 2.77. The Bertz CT molecular complexity index is 3640. The van der Waals surface area contributed by atoms with Gasteiger partial charge < -0.3 is 9.38 Å². The molecule has 0 unspecified atom stereocenters. The van der Waals surface area contributed by atoms with Gasteiger partial charge in [0.05, 0.1) is 0 Å². The molecule has 0 amide bonds. The SMILES string of the molecule is Cc1cc(C)c(-c2ccc3c(c2)c2cc(-c4c(C)cc(C)cc4C)cc4c2n3B2c3cc(-c5ccccc5)ccc3N(c3ccc(-c5ccccc5)cc3)c3cc5c(c-4c32)CCCC5)c(C)c1. The molecular formula is C64H53BN2. The van der Waals surface area contributed by atoms with Gasteiger partial charge in [-0.25, -0.2) is 0 Å². The number of benzene rings is 9. The standard InChI is InChI=1S/C64H53BN2/c1-38-29-40(3)60(41(4)30-38)49-24-27-57-53(33-49)54-34-50(61-42(5)31-39(2)32-43(61)6)35-55-62-52-20-14-13-19-48(52)37-59-63(62)65(67(57)64(54)55)56-36-47(45-17-11-8-12-18-45)23-28-58(56)66(59)51-25-21-46(22-26-51)44-15-9-7-10-16-44/h7-12,15-18,21-37H,13-14,19-20H2,1-6H3. The van der Waals surface area contributed by atoms with Gasteiger partial charge >= 0.3 is 6.85 Å². The average Bonchev–Trinajstić information content (AvgIpc) is 3.65. The highest BCUT2D eigenvalue weighted by Crippen LogP contribution is 2.51. The van der Waals surface area contributed by atoms with Crippen molar-refractivity contribution in [3.05, 3.63) is 208 Å². The molecule has 3 heterocycles. The van der Waals surface area contributed by atoms with Crippen molar-refractivity contribution in [1.82, 2.24) is 4.48 Å². The molecule has 0 spiro atoms. The van der Waals surface area contributed by atoms with E-state index < -0.39 is 0 Å². The molecule has 1 aromatic heterocycles. The summed E-state index contributed by atoms with van der Waals surface area (Å²) in [6.45, 7) is 13.6. The predicted molar refractivity (Wildman–Crippen MR) is 287 cm³/mol. The Kier molecular flexibility index (Phi) is 9.00. The van der Waals surface area contributed by atoms with E-state index in [4.69, 9.17) is 0 Å². The van der Waals surface area contributed by atoms with Gasteiger partial charge in [-0.3, -0.25) is 0 Å². The number of anilines is 3. The predicted octanol–water partition coefficient (Wildman–Crippen LogP) is 15.6. The second-order valence-electron chi connectivity index (χ2n) is 19.9. The topological polar surface area (TPSA) is 8.17 Å². The smallest absolute Gasteiger partial charge is 0.333 e. The fourth-order valence-corrected chi connectivity index (χ4v) is 12.9. The Morgan fingerprint density at radius 1 is 0.433 bits per heavy atom. The van der Waals surface area contributed by atoms with Crippen molar-refractivity contribution in [2.24, 2.45) is 0 Å². The molecule has 1 aliphatic carbocycles. The number of aryl methyl sites for hydroxylation is 7. The Hall–Kier alpha value is -7.36. The Morgan fingerprint density at radius 3 is 1.67 bits per heavy atom. The summed E-state index contributed by atoms with van der Waals surface area (Å²) in [5, 5.41) is 2.66. The van der Waals surface area contributed by atoms with E-state index in [9.17, 15) is 0 Å². The molecule has 67 heavy (non-hydrogen) atoms. The largest absolute Gasteiger partial charge is 0.375 e. The van der Waals surface area contributed by atoms with Gasteiger partial charge in [-0.05, 0) is 210 Å². The molecule has 3 heteroatoms. The van der Waals surface area contributed by atoms with E-state index in [0.717, 1.165) is 12.8 Å². The van der Waals surface area contributed by atoms with Crippen LogP contribution in [0.3, 0.4) is 0 Å². The summed E-state index contributed by atoms with van der Waals surface area (Å²) in [6, 6.07) is 62.9. The molecule has 322 valence electrons. The summed E-state index contributed by atoms with van der Waals surface area (Å²) in [6.07, 6.45) is 4.62. The van der Waals surface area contributed by atoms with Gasteiger partial charge in [-0.2, -0.15) is 0 Å². The molecule has 13 rings (SSSR count). The maximum Gasteiger partial charge on any atom is 0.333 e. The lowest BCUT2D eigenvalue weighted by Crippen LogP contribution is -2.57. The molecule has 9 aromatic carbocycles. The fourth-order valence-electron chi connectivity index (χ4n) is 12.9. The van der Waals surface area contributed by atoms with E-state index in [-0.39, 0.29) is 6.85 Å². The molecule has 0 N–H and O–H groups in total. The van der Waals surface area contributed by atoms with Crippen LogP contribution in [0, 0.1) is 41.5 Å². The van der Waals surface area contributed by atoms with Crippen molar-refractivity contribution < 1.29 is 0 Å². The van der Waals surface area contributed by atoms with Gasteiger partial charge in [0, 0.05) is 44.4 Å². The van der Waals surface area contributed by atoms with E-state index in [1.165, 1.54) is 157 Å². The molecule has 0 atom stereocenters. The minimum Gasteiger partial charge on any atom is -0.375 e. The maximum atomic E-state index is 2.77. The highest BCUT2D eigenvalue weighted by molar-refractivity contribution is 6.90. The zero-order valence-electron chi connectivity index (χ0n) is 39.4. The second-order valence-corrected chi connectivity index (χ2v) is 19.9. The number of hydrogen-bond donors (Lipinski definition) is 0. The summed E-state index contributed by atoms with van der Waals surface area (Å²) in [4.78, 5) is 2.61. The Morgan fingerprint density at radius 2 is 1.00 bits per heavy atom. The third-order valence-corrected chi connectivity index (χ3v) is 15.4. The van der Waals surface area contributed by atoms with E-state index in [1.807, 2.05) is 0 Å². The van der Waals surface area contributed by atoms with Crippen LogP contribution in [-0.2, 0) is 12.8 Å². The normalized spacial score (nSPS) is 13.5. The second kappa shape index (κ2) is 15.1. The summed E-state index contributed by atoms with van der Waals surface area (Å²) in [5.41, 5.74) is 33.2. The first-order chi connectivity index (χ1) is 32.7. The summed E-state index contributed by atoms with van der Waals surface area (Å²) >= 11 is 0. The zero-order valence-corrected chi connectivity index (χ0v) is 39.4. The van der Waals surface area contributed by atoms with Crippen LogP contribution >= 0.6 is 0 Å². The summed E-state index contributed by atoms with van der Waals surface area (Å²) in [5.74, 6) is 0. The minimum atomic E-state index is -0.0365. The van der Waals surface area contributed by atoms with E-state index in [1.54, 1.807) is 5.56 Å². The third-order valence-electron chi connectivity index (χ3n) is 15.4. The molecule has 2 aliphatic heterocycles. The Labute approximate surface area is 395 Å².